The van der Waals surface area contributed by atoms with Crippen LogP contribution >= 0.6 is 0 Å². The van der Waals surface area contributed by atoms with Gasteiger partial charge in [-0.15, -0.1) is 15.3 Å². The molecule has 0 N–H and O–H groups in total. The van der Waals surface area contributed by atoms with E-state index in [0.29, 0.717) is 5.82 Å². The van der Waals surface area contributed by atoms with E-state index in [1.54, 1.807) is 25.7 Å². The number of hydrogen-bond donors (Lipinski definition) is 0. The van der Waals surface area contributed by atoms with Gasteiger partial charge in [-0.25, -0.2) is 4.68 Å². The molecule has 0 bridgehead atoms. The second-order valence-corrected chi connectivity index (χ2v) is 2.68. The molecule has 0 aliphatic carbocycles. The third-order valence-corrected chi connectivity index (χ3v) is 1.44. The zero-order chi connectivity index (χ0) is 14.6. The molecule has 2 rings (SSSR count). The van der Waals surface area contributed by atoms with Crippen molar-refractivity contribution in [3.8, 4) is 0 Å². The largest absolute Gasteiger partial charge is 0.233 e. The van der Waals surface area contributed by atoms with Gasteiger partial charge in [0, 0.05) is 7.05 Å². The van der Waals surface area contributed by atoms with Crippen molar-refractivity contribution in [3.05, 3.63) is 11.6 Å². The van der Waals surface area contributed by atoms with E-state index in [1.807, 2.05) is 34.6 Å². The minimum Gasteiger partial charge on any atom is -0.233 e. The maximum atomic E-state index is 3.81. The highest BCUT2D eigenvalue weighted by Crippen LogP contribution is 1.78. The molecule has 8 heteroatoms. The predicted molar refractivity (Wildman–Crippen MR) is 90.0 cm³/mol. The smallest absolute Gasteiger partial charge is 0.171 e. The standard InChI is InChI=1S/2C3H6N4.2C2H6.3CH4/c1-3-4-5-6-7(3)2;1-3-4-6-7(2)5-3;2*1-2;;;/h2*1-2H3;2*1-2H3;3*1H4. The molecule has 0 fully saturated rings. The number of hydrogen-bond acceptors (Lipinski definition) is 6. The molecule has 0 aliphatic rings. The Morgan fingerprint density at radius 1 is 0.762 bits per heavy atom. The topological polar surface area (TPSA) is 87.2 Å². The normalized spacial score (nSPS) is 6.86. The van der Waals surface area contributed by atoms with Crippen LogP contribution in [0, 0.1) is 13.8 Å². The Hall–Kier alpha value is -1.86. The molecule has 0 saturated carbocycles. The fourth-order valence-electron chi connectivity index (χ4n) is 0.653. The highest BCUT2D eigenvalue weighted by Gasteiger charge is 1.87. The molecular weight excluding hydrogens is 268 g/mol. The number of tetrazole rings is 2. The molecule has 21 heavy (non-hydrogen) atoms. The average molecular weight is 304 g/mol. The first kappa shape index (κ1) is 31.5. The summed E-state index contributed by atoms with van der Waals surface area (Å²) in [5.41, 5.74) is 0. The Labute approximate surface area is 131 Å². The van der Waals surface area contributed by atoms with Crippen LogP contribution in [0.25, 0.3) is 0 Å². The molecule has 0 atom stereocenters. The Balaban J connectivity index is -0.0000000589. The molecule has 128 valence electrons. The van der Waals surface area contributed by atoms with Gasteiger partial charge in [0.25, 0.3) is 0 Å². The van der Waals surface area contributed by atoms with Gasteiger partial charge in [-0.2, -0.15) is 4.80 Å². The number of nitrogens with zero attached hydrogens (tertiary/aromatic N) is 8. The first-order valence-electron chi connectivity index (χ1n) is 5.99. The molecule has 0 aliphatic heterocycles. The molecule has 0 unspecified atom stereocenters. The molecule has 0 radical (unpaired) electrons. The zero-order valence-electron chi connectivity index (χ0n) is 12.6. The highest BCUT2D eigenvalue weighted by molar-refractivity contribution is 4.69. The van der Waals surface area contributed by atoms with Gasteiger partial charge in [0.05, 0.1) is 7.05 Å². The summed E-state index contributed by atoms with van der Waals surface area (Å²) in [6, 6.07) is 0. The second-order valence-electron chi connectivity index (χ2n) is 2.68. The summed E-state index contributed by atoms with van der Waals surface area (Å²) >= 11 is 0. The lowest BCUT2D eigenvalue weighted by Gasteiger charge is -1.81. The van der Waals surface area contributed by atoms with Crippen LogP contribution in [0.2, 0.25) is 0 Å². The van der Waals surface area contributed by atoms with Crippen LogP contribution in [0.4, 0.5) is 0 Å². The molecule has 0 spiro atoms. The fraction of sp³-hybridized carbons (Fsp3) is 0.846. The fourth-order valence-corrected chi connectivity index (χ4v) is 0.653. The van der Waals surface area contributed by atoms with Gasteiger partial charge in [-0.3, -0.25) is 0 Å². The van der Waals surface area contributed by atoms with Crippen molar-refractivity contribution in [2.45, 2.75) is 63.8 Å². The van der Waals surface area contributed by atoms with E-state index in [9.17, 15) is 0 Å². The van der Waals surface area contributed by atoms with Crippen LogP contribution < -0.4 is 0 Å². The Bertz CT molecular complexity index is 361. The molecule has 2 heterocycles. The van der Waals surface area contributed by atoms with Crippen molar-refractivity contribution < 1.29 is 0 Å². The Morgan fingerprint density at radius 2 is 1.24 bits per heavy atom. The van der Waals surface area contributed by atoms with E-state index < -0.39 is 0 Å². The molecule has 0 amide bonds. The summed E-state index contributed by atoms with van der Waals surface area (Å²) in [4.78, 5) is 1.43. The van der Waals surface area contributed by atoms with Crippen LogP contribution in [0.3, 0.4) is 0 Å². The van der Waals surface area contributed by atoms with Crippen molar-refractivity contribution >= 4 is 0 Å². The van der Waals surface area contributed by atoms with Crippen molar-refractivity contribution in [1.29, 1.82) is 0 Å². The summed E-state index contributed by atoms with van der Waals surface area (Å²) in [5.74, 6) is 1.54. The van der Waals surface area contributed by atoms with Crippen molar-refractivity contribution in [2.75, 3.05) is 0 Å². The molecule has 0 aromatic carbocycles. The lowest BCUT2D eigenvalue weighted by atomic mass is 10.7. The van der Waals surface area contributed by atoms with E-state index >= 15 is 0 Å². The monoisotopic (exact) mass is 304 g/mol. The van der Waals surface area contributed by atoms with E-state index in [1.165, 1.54) is 4.80 Å². The van der Waals surface area contributed by atoms with Crippen molar-refractivity contribution in [3.63, 3.8) is 0 Å². The number of aryl methyl sites for hydroxylation is 4. The van der Waals surface area contributed by atoms with Crippen LogP contribution in [0.15, 0.2) is 0 Å². The van der Waals surface area contributed by atoms with Crippen LogP contribution in [0.5, 0.6) is 0 Å². The average Bonchev–Trinajstić information content (AvgIpc) is 2.95. The second kappa shape index (κ2) is 20.5. The lowest BCUT2D eigenvalue weighted by Crippen LogP contribution is -1.92. The van der Waals surface area contributed by atoms with Gasteiger partial charge in [0.15, 0.2) is 5.82 Å². The lowest BCUT2D eigenvalue weighted by molar-refractivity contribution is 0.629. The van der Waals surface area contributed by atoms with Gasteiger partial charge in [-0.1, -0.05) is 50.0 Å². The molecule has 8 nitrogen and oxygen atoms in total. The zero-order valence-corrected chi connectivity index (χ0v) is 12.6. The summed E-state index contributed by atoms with van der Waals surface area (Å²) < 4.78 is 1.61. The minimum atomic E-state index is 0. The third kappa shape index (κ3) is 16.1. The first-order valence-corrected chi connectivity index (χ1v) is 5.99. The van der Waals surface area contributed by atoms with E-state index in [-0.39, 0.29) is 22.3 Å². The van der Waals surface area contributed by atoms with Gasteiger partial charge in [0.2, 0.25) is 0 Å². The number of aromatic nitrogens is 8. The molecule has 2 aromatic heterocycles. The SMILES string of the molecule is C.C.C.CC.CC.Cc1nnn(C)n1.Cc1nnnn1C. The van der Waals surface area contributed by atoms with E-state index in [4.69, 9.17) is 0 Å². The molecule has 0 saturated heterocycles. The first-order chi connectivity index (χ1) is 8.59. The van der Waals surface area contributed by atoms with Crippen molar-refractivity contribution in [1.82, 2.24) is 40.4 Å². The summed E-state index contributed by atoms with van der Waals surface area (Å²) in [5, 5.41) is 21.6. The van der Waals surface area contributed by atoms with Crippen LogP contribution in [-0.2, 0) is 14.1 Å². The van der Waals surface area contributed by atoms with E-state index in [0.717, 1.165) is 5.82 Å². The van der Waals surface area contributed by atoms with Gasteiger partial charge < -0.3 is 0 Å². The summed E-state index contributed by atoms with van der Waals surface area (Å²) in [6.45, 7) is 11.6. The van der Waals surface area contributed by atoms with Crippen LogP contribution in [0.1, 0.15) is 61.6 Å². The van der Waals surface area contributed by atoms with Gasteiger partial charge in [-0.05, 0) is 29.5 Å². The Morgan fingerprint density at radius 3 is 1.33 bits per heavy atom. The summed E-state index contributed by atoms with van der Waals surface area (Å²) in [7, 11) is 3.54. The number of rotatable bonds is 0. The highest BCUT2D eigenvalue weighted by atomic mass is 15.6. The maximum absolute atomic E-state index is 3.81. The third-order valence-electron chi connectivity index (χ3n) is 1.44. The van der Waals surface area contributed by atoms with Crippen LogP contribution in [-0.4, -0.2) is 40.4 Å². The quantitative estimate of drug-likeness (QED) is 0.743. The molecule has 2 aromatic rings. The van der Waals surface area contributed by atoms with Gasteiger partial charge >= 0.3 is 0 Å². The van der Waals surface area contributed by atoms with E-state index in [2.05, 4.69) is 30.9 Å². The molecular formula is C13H36N8. The summed E-state index contributed by atoms with van der Waals surface area (Å²) in [6.07, 6.45) is 0. The Kier molecular flexibility index (Phi) is 30.7. The van der Waals surface area contributed by atoms with Gasteiger partial charge in [0.1, 0.15) is 5.82 Å². The maximum Gasteiger partial charge on any atom is 0.171 e. The predicted octanol–water partition coefficient (Wildman–Crippen LogP) is 3.00. The van der Waals surface area contributed by atoms with Crippen molar-refractivity contribution in [2.24, 2.45) is 14.1 Å². The minimum absolute atomic E-state index is 0.